The van der Waals surface area contributed by atoms with Gasteiger partial charge in [0.25, 0.3) is 0 Å². The second kappa shape index (κ2) is 29.0. The van der Waals surface area contributed by atoms with Crippen molar-refractivity contribution in [2.45, 2.75) is 12.8 Å². The normalized spacial score (nSPS) is 11.7. The van der Waals surface area contributed by atoms with Crippen LogP contribution in [0, 0.1) is 0 Å². The third-order valence-corrected chi connectivity index (χ3v) is 7.81. The van der Waals surface area contributed by atoms with Crippen LogP contribution in [0.5, 0.6) is 0 Å². The van der Waals surface area contributed by atoms with E-state index in [-0.39, 0.29) is 64.6 Å². The number of allylic oxidation sites excluding steroid dienone is 1. The van der Waals surface area contributed by atoms with E-state index in [1.807, 2.05) is 97.1 Å². The quantitative estimate of drug-likeness (QED) is 0.0741. The number of rotatable bonds is 14. The zero-order chi connectivity index (χ0) is 37.0. The summed E-state index contributed by atoms with van der Waals surface area (Å²) in [7, 11) is 0. The summed E-state index contributed by atoms with van der Waals surface area (Å²) >= 11 is 0. The molecule has 0 unspecified atom stereocenters. The second-order valence-corrected chi connectivity index (χ2v) is 11.8. The van der Waals surface area contributed by atoms with Crippen LogP contribution in [-0.4, -0.2) is 87.6 Å². The number of epoxide rings is 1. The summed E-state index contributed by atoms with van der Waals surface area (Å²) < 4.78 is 15.1. The molecule has 276 valence electrons. The van der Waals surface area contributed by atoms with Gasteiger partial charge >= 0.3 is 51.4 Å². The molecule has 2 aliphatic rings. The van der Waals surface area contributed by atoms with E-state index in [0.29, 0.717) is 39.5 Å². The maximum absolute atomic E-state index is 8.90. The van der Waals surface area contributed by atoms with Gasteiger partial charge in [0, 0.05) is 22.3 Å². The summed E-state index contributed by atoms with van der Waals surface area (Å²) in [6.45, 7) is 5.05. The summed E-state index contributed by atoms with van der Waals surface area (Å²) in [4.78, 5) is 9.16. The largest absolute Gasteiger partial charge is 1.00 e. The van der Waals surface area contributed by atoms with Gasteiger partial charge in [0.15, 0.2) is 0 Å². The van der Waals surface area contributed by atoms with Gasteiger partial charge in [-0.25, -0.2) is 0 Å². The number of aliphatic hydroxyl groups is 2. The molecule has 1 heterocycles. The molecule has 5 aromatic rings. The number of hydrogen-bond acceptors (Lipinski definition) is 7. The fourth-order valence-electron chi connectivity index (χ4n) is 5.23. The average molecular weight is 752 g/mol. The summed E-state index contributed by atoms with van der Waals surface area (Å²) in [6.07, 6.45) is 6.87. The molecule has 0 atom stereocenters. The molecule has 7 nitrogen and oxygen atoms in total. The van der Waals surface area contributed by atoms with Crippen LogP contribution in [0.3, 0.4) is 0 Å². The van der Waals surface area contributed by atoms with E-state index in [2.05, 4.69) is 70.4 Å². The van der Waals surface area contributed by atoms with E-state index in [9.17, 15) is 0 Å². The molecule has 54 heavy (non-hydrogen) atoms. The Bertz CT molecular complexity index is 1680. The number of nitrogens with zero attached hydrogens (tertiary/aromatic N) is 2. The minimum atomic E-state index is 0. The number of aliphatic hydroxyl groups excluding tert-OH is 2. The Morgan fingerprint density at radius 1 is 0.519 bits per heavy atom. The molecule has 2 N–H and O–H groups in total. The van der Waals surface area contributed by atoms with E-state index in [1.165, 1.54) is 24.0 Å². The number of benzene rings is 5. The molecule has 1 aliphatic carbocycles. The van der Waals surface area contributed by atoms with Gasteiger partial charge < -0.3 is 24.4 Å². The van der Waals surface area contributed by atoms with Crippen LogP contribution in [0.1, 0.15) is 39.8 Å². The van der Waals surface area contributed by atoms with Crippen LogP contribution < -0.4 is 51.4 Å². The third kappa shape index (κ3) is 18.3. The number of ether oxygens (including phenoxy) is 3. The van der Waals surface area contributed by atoms with Gasteiger partial charge in [-0.05, 0) is 24.0 Å². The standard InChI is InChI=1S/C19H23NO3.C15H15NO.C10H10.C2H4O.K/c21-12-14-23-16-15-22-13-11-20-19(17-7-3-1-4-8-17)18-9-5-2-6-10-18;17-12-11-16-15(13-7-3-1-4-8-13)14-9-5-2-6-10-14;1-2-6-10-8-4-3-7-9(10)5-1;1-2-3-1;/h1-10,21H,11-16H2;1-10,17H,11-12H2;1-3,5-7H,4,8H2;1-2H2;/q;;;;+1. The molecule has 0 saturated carbocycles. The second-order valence-electron chi connectivity index (χ2n) is 11.8. The molecule has 7 rings (SSSR count). The van der Waals surface area contributed by atoms with Gasteiger partial charge in [0.1, 0.15) is 0 Å². The molecule has 0 amide bonds. The van der Waals surface area contributed by atoms with Crippen molar-refractivity contribution in [3.63, 3.8) is 0 Å². The first-order valence-electron chi connectivity index (χ1n) is 18.3. The van der Waals surface area contributed by atoms with Gasteiger partial charge in [-0.3, -0.25) is 9.98 Å². The fraction of sp³-hybridized carbons (Fsp3) is 0.261. The molecule has 1 saturated heterocycles. The number of aryl methyl sites for hydroxylation is 1. The van der Waals surface area contributed by atoms with Crippen molar-refractivity contribution < 1.29 is 75.8 Å². The molecular weight excluding hydrogens is 700 g/mol. The van der Waals surface area contributed by atoms with E-state index in [4.69, 9.17) is 24.7 Å². The van der Waals surface area contributed by atoms with Crippen LogP contribution in [0.2, 0.25) is 0 Å². The van der Waals surface area contributed by atoms with Crippen molar-refractivity contribution in [1.29, 1.82) is 0 Å². The molecule has 0 spiro atoms. The predicted octanol–water partition coefficient (Wildman–Crippen LogP) is 4.73. The Labute approximate surface area is 363 Å². The van der Waals surface area contributed by atoms with Crippen molar-refractivity contribution in [3.8, 4) is 0 Å². The van der Waals surface area contributed by atoms with Crippen molar-refractivity contribution >= 4 is 17.5 Å². The SMILES string of the molecule is C1=Cc2ccccc2CC1.C1CO1.OCCN=C(c1ccccc1)c1ccccc1.OCCOCCOCCN=C(c1ccccc1)c1ccccc1.[K+]. The van der Waals surface area contributed by atoms with Crippen molar-refractivity contribution in [3.05, 3.63) is 185 Å². The van der Waals surface area contributed by atoms with E-state index >= 15 is 0 Å². The number of aliphatic imine (C=N–C) groups is 2. The first kappa shape index (κ1) is 45.0. The van der Waals surface area contributed by atoms with Crippen molar-refractivity contribution in [1.82, 2.24) is 0 Å². The maximum Gasteiger partial charge on any atom is 1.00 e. The van der Waals surface area contributed by atoms with Gasteiger partial charge in [0.05, 0.1) is 77.4 Å². The van der Waals surface area contributed by atoms with Crippen LogP contribution in [0.15, 0.2) is 162 Å². The van der Waals surface area contributed by atoms with E-state index in [1.54, 1.807) is 0 Å². The molecule has 1 aliphatic heterocycles. The van der Waals surface area contributed by atoms with Crippen LogP contribution in [0.4, 0.5) is 0 Å². The van der Waals surface area contributed by atoms with Gasteiger partial charge in [-0.2, -0.15) is 0 Å². The molecule has 5 aromatic carbocycles. The summed E-state index contributed by atoms with van der Waals surface area (Å²) in [5.41, 5.74) is 9.15. The van der Waals surface area contributed by atoms with Gasteiger partial charge in [0.2, 0.25) is 0 Å². The Kier molecular flexibility index (Phi) is 24.2. The predicted molar refractivity (Wildman–Crippen MR) is 217 cm³/mol. The van der Waals surface area contributed by atoms with Crippen molar-refractivity contribution in [2.75, 3.05) is 65.9 Å². The van der Waals surface area contributed by atoms with Crippen LogP contribution >= 0.6 is 0 Å². The minimum absolute atomic E-state index is 0. The van der Waals surface area contributed by atoms with Crippen LogP contribution in [0.25, 0.3) is 6.08 Å². The number of fused-ring (bicyclic) bond motifs is 1. The number of hydrogen-bond donors (Lipinski definition) is 2. The molecule has 0 radical (unpaired) electrons. The minimum Gasteiger partial charge on any atom is -0.394 e. The fourth-order valence-corrected chi connectivity index (χ4v) is 5.23. The third-order valence-electron chi connectivity index (χ3n) is 7.81. The Hall–Kier alpha value is -3.38. The molecule has 8 heteroatoms. The summed E-state index contributed by atoms with van der Waals surface area (Å²) in [5, 5.41) is 17.5. The molecule has 0 bridgehead atoms. The smallest absolute Gasteiger partial charge is 0.394 e. The Morgan fingerprint density at radius 3 is 1.37 bits per heavy atom. The first-order valence-corrected chi connectivity index (χ1v) is 18.3. The average Bonchev–Trinajstić information content (AvgIpc) is 4.13. The Balaban J connectivity index is 0.000000220. The van der Waals surface area contributed by atoms with Gasteiger partial charge in [-0.15, -0.1) is 0 Å². The zero-order valence-electron chi connectivity index (χ0n) is 31.5. The monoisotopic (exact) mass is 751 g/mol. The molecule has 1 fully saturated rings. The summed E-state index contributed by atoms with van der Waals surface area (Å²) in [5.74, 6) is 0. The molecular formula is C46H52KN2O5+. The molecule has 0 aromatic heterocycles. The maximum atomic E-state index is 8.90. The Morgan fingerprint density at radius 2 is 0.944 bits per heavy atom. The first-order chi connectivity index (χ1) is 26.3. The van der Waals surface area contributed by atoms with Gasteiger partial charge in [-0.1, -0.05) is 158 Å². The van der Waals surface area contributed by atoms with Crippen LogP contribution in [-0.2, 0) is 20.6 Å². The summed E-state index contributed by atoms with van der Waals surface area (Å²) in [6, 6.07) is 49.0. The zero-order valence-corrected chi connectivity index (χ0v) is 34.6. The van der Waals surface area contributed by atoms with Crippen molar-refractivity contribution in [2.24, 2.45) is 9.98 Å². The topological polar surface area (TPSA) is 96.2 Å². The van der Waals surface area contributed by atoms with E-state index in [0.717, 1.165) is 46.9 Å². The van der Waals surface area contributed by atoms with E-state index < -0.39 is 0 Å².